The largest absolute Gasteiger partial charge is 0.408 e. The highest BCUT2D eigenvalue weighted by Gasteiger charge is 2.60. The van der Waals surface area contributed by atoms with Crippen LogP contribution in [0.15, 0.2) is 10.2 Å². The maximum Gasteiger partial charge on any atom is 0.192 e. The van der Waals surface area contributed by atoms with Crippen molar-refractivity contribution in [3.8, 4) is 0 Å². The van der Waals surface area contributed by atoms with E-state index >= 15 is 0 Å². The van der Waals surface area contributed by atoms with Crippen molar-refractivity contribution in [3.63, 3.8) is 0 Å². The molecule has 0 unspecified atom stereocenters. The van der Waals surface area contributed by atoms with Gasteiger partial charge in [0.05, 0.1) is 12.7 Å². The summed E-state index contributed by atoms with van der Waals surface area (Å²) in [4.78, 5) is 0. The van der Waals surface area contributed by atoms with E-state index in [1.165, 1.54) is 18.1 Å². The summed E-state index contributed by atoms with van der Waals surface area (Å²) in [6.45, 7) is 7.67. The number of hydrogen-bond donors (Lipinski definition) is 0. The summed E-state index contributed by atoms with van der Waals surface area (Å²) in [5, 5.41) is 0. The normalized spacial score (nSPS) is 36.5. The van der Waals surface area contributed by atoms with Gasteiger partial charge in [-0.15, -0.1) is 0 Å². The van der Waals surface area contributed by atoms with Crippen molar-refractivity contribution >= 4 is 53.5 Å². The molecule has 1 spiro atoms. The first-order valence-corrected chi connectivity index (χ1v) is 13.2. The third-order valence-corrected chi connectivity index (χ3v) is 11.0. The van der Waals surface area contributed by atoms with Crippen LogP contribution in [0.1, 0.15) is 27.2 Å². The second-order valence-corrected chi connectivity index (χ2v) is 12.4. The van der Waals surface area contributed by atoms with Crippen molar-refractivity contribution in [3.05, 3.63) is 10.2 Å². The molecule has 0 aliphatic carbocycles. The molecule has 4 atom stereocenters. The zero-order valence-corrected chi connectivity index (χ0v) is 18.4. The fourth-order valence-electron chi connectivity index (χ4n) is 3.27. The Kier molecular flexibility index (Phi) is 7.02. The van der Waals surface area contributed by atoms with Crippen LogP contribution < -0.4 is 0 Å². The maximum absolute atomic E-state index is 6.79. The molecule has 122 valence electrons. The summed E-state index contributed by atoms with van der Waals surface area (Å²) in [5.41, 5.74) is -0.0767. The first-order chi connectivity index (χ1) is 10.1. The minimum absolute atomic E-state index is 0.0365. The summed E-state index contributed by atoms with van der Waals surface area (Å²) in [7, 11) is -1.65. The van der Waals surface area contributed by atoms with Crippen LogP contribution in [0, 0.1) is 0 Å². The van der Waals surface area contributed by atoms with Gasteiger partial charge in [0.2, 0.25) is 0 Å². The average Bonchev–Trinajstić information content (AvgIpc) is 3.27. The van der Waals surface area contributed by atoms with Crippen molar-refractivity contribution in [2.75, 3.05) is 11.0 Å². The first kappa shape index (κ1) is 18.6. The van der Waals surface area contributed by atoms with Crippen molar-refractivity contribution in [2.24, 2.45) is 0 Å². The number of rotatable bonds is 7. The summed E-state index contributed by atoms with van der Waals surface area (Å²) in [6.07, 6.45) is 3.52. The topological polar surface area (TPSA) is 31.0 Å². The molecule has 0 aromatic heterocycles. The molecule has 2 aliphatic rings. The van der Waals surface area contributed by atoms with Crippen molar-refractivity contribution < 1.29 is 13.9 Å². The summed E-state index contributed by atoms with van der Waals surface area (Å²) in [5.74, 6) is 0. The third-order valence-electron chi connectivity index (χ3n) is 5.00. The molecule has 0 saturated carbocycles. The van der Waals surface area contributed by atoms with Crippen LogP contribution in [0.5, 0.6) is 0 Å². The monoisotopic (exact) mass is 536 g/mol. The summed E-state index contributed by atoms with van der Waals surface area (Å²) in [6, 6.07) is 3.51. The fourth-order valence-corrected chi connectivity index (χ4v) is 7.09. The lowest BCUT2D eigenvalue weighted by molar-refractivity contribution is -0.118. The molecule has 0 radical (unpaired) electrons. The van der Waals surface area contributed by atoms with E-state index in [1.807, 2.05) is 0 Å². The van der Waals surface area contributed by atoms with Crippen molar-refractivity contribution in [2.45, 2.75) is 69.2 Å². The van der Waals surface area contributed by atoms with Crippen LogP contribution in [-0.2, 0) is 13.9 Å². The second kappa shape index (κ2) is 7.91. The van der Waals surface area contributed by atoms with Gasteiger partial charge in [0.1, 0.15) is 17.8 Å². The molecule has 2 saturated heterocycles. The van der Waals surface area contributed by atoms with Gasteiger partial charge in [0, 0.05) is 10.8 Å². The number of ether oxygens (including phenoxy) is 2. The van der Waals surface area contributed by atoms with Crippen LogP contribution in [0.25, 0.3) is 0 Å². The van der Waals surface area contributed by atoms with Crippen LogP contribution >= 0.6 is 45.2 Å². The number of epoxide rings is 1. The Hall–Kier alpha value is 1.30. The molecule has 21 heavy (non-hydrogen) atoms. The number of halogens is 2. The molecule has 2 rings (SSSR count). The first-order valence-electron chi connectivity index (χ1n) is 7.88. The Bertz CT molecular complexity index is 362. The molecular weight excluding hydrogens is 510 g/mol. The predicted molar refractivity (Wildman–Crippen MR) is 106 cm³/mol. The highest BCUT2D eigenvalue weighted by molar-refractivity contribution is 14.1. The molecule has 2 aliphatic heterocycles. The number of hydrogen-bond acceptors (Lipinski definition) is 3. The van der Waals surface area contributed by atoms with E-state index in [9.17, 15) is 0 Å². The lowest BCUT2D eigenvalue weighted by Gasteiger charge is -2.43. The minimum atomic E-state index is -1.65. The van der Waals surface area contributed by atoms with Crippen molar-refractivity contribution in [1.29, 1.82) is 0 Å². The van der Waals surface area contributed by atoms with E-state index in [1.54, 1.807) is 0 Å². The molecule has 0 aromatic carbocycles. The van der Waals surface area contributed by atoms with Gasteiger partial charge in [0.15, 0.2) is 8.32 Å². The summed E-state index contributed by atoms with van der Waals surface area (Å²) < 4.78 is 22.0. The highest BCUT2D eigenvalue weighted by Crippen LogP contribution is 2.46. The predicted octanol–water partition coefficient (Wildman–Crippen LogP) is 4.69. The van der Waals surface area contributed by atoms with Gasteiger partial charge >= 0.3 is 0 Å². The van der Waals surface area contributed by atoms with Gasteiger partial charge in [-0.2, -0.15) is 0 Å². The van der Waals surface area contributed by atoms with Gasteiger partial charge in [-0.05, 0) is 28.3 Å². The molecule has 6 heteroatoms. The molecule has 3 nitrogen and oxygen atoms in total. The Labute approximate surface area is 157 Å². The average molecular weight is 536 g/mol. The van der Waals surface area contributed by atoms with Crippen LogP contribution in [-0.4, -0.2) is 43.3 Å². The van der Waals surface area contributed by atoms with Gasteiger partial charge in [-0.25, -0.2) is 0 Å². The Balaban J connectivity index is 2.21. The van der Waals surface area contributed by atoms with Gasteiger partial charge in [-0.1, -0.05) is 66.0 Å². The zero-order chi connectivity index (χ0) is 15.5. The second-order valence-electron chi connectivity index (χ2n) is 6.04. The molecule has 0 N–H and O–H groups in total. The molecule has 0 aromatic rings. The van der Waals surface area contributed by atoms with E-state index in [4.69, 9.17) is 13.9 Å². The third kappa shape index (κ3) is 4.04. The Morgan fingerprint density at radius 1 is 1.29 bits per heavy atom. The highest BCUT2D eigenvalue weighted by atomic mass is 127. The molecule has 2 fully saturated rings. The lowest BCUT2D eigenvalue weighted by Crippen LogP contribution is -2.56. The van der Waals surface area contributed by atoms with Crippen LogP contribution in [0.4, 0.5) is 0 Å². The Morgan fingerprint density at radius 3 is 2.33 bits per heavy atom. The minimum Gasteiger partial charge on any atom is -0.408 e. The zero-order valence-electron chi connectivity index (χ0n) is 13.1. The molecule has 0 bridgehead atoms. The van der Waals surface area contributed by atoms with Crippen LogP contribution in [0.2, 0.25) is 18.1 Å². The van der Waals surface area contributed by atoms with E-state index in [2.05, 4.69) is 76.1 Å². The number of alkyl halides is 1. The van der Waals surface area contributed by atoms with Crippen molar-refractivity contribution in [1.82, 2.24) is 0 Å². The smallest absolute Gasteiger partial charge is 0.192 e. The SMILES string of the molecule is CC[Si](CC)(CC)O[C@@H]1[C@@H](/C=C/I)O[C@@H](CI)C[C@@]12CO2. The lowest BCUT2D eigenvalue weighted by atomic mass is 9.89. The van der Waals surface area contributed by atoms with Crippen LogP contribution in [0.3, 0.4) is 0 Å². The van der Waals surface area contributed by atoms with E-state index in [0.29, 0.717) is 0 Å². The maximum atomic E-state index is 6.79. The molecule has 2 heterocycles. The summed E-state index contributed by atoms with van der Waals surface area (Å²) >= 11 is 4.68. The van der Waals surface area contributed by atoms with E-state index in [-0.39, 0.29) is 23.9 Å². The van der Waals surface area contributed by atoms with E-state index in [0.717, 1.165) is 17.5 Å². The van der Waals surface area contributed by atoms with Gasteiger partial charge in [-0.3, -0.25) is 0 Å². The molecular formula is C15H26I2O3Si. The Morgan fingerprint density at radius 2 is 1.90 bits per heavy atom. The van der Waals surface area contributed by atoms with Gasteiger partial charge < -0.3 is 13.9 Å². The quantitative estimate of drug-likeness (QED) is 0.205. The molecule has 0 amide bonds. The standard InChI is InChI=1S/C15H26I2O3Si/c1-4-21(5-2,6-3)20-14-13(7-8-16)19-12(10-17)9-15(14)11-18-15/h7-8,12-14H,4-6,9-11H2,1-3H3/b8-7+/t12-,13-,14-,15-/m1/s1. The van der Waals surface area contributed by atoms with E-state index < -0.39 is 8.32 Å². The fraction of sp³-hybridized carbons (Fsp3) is 0.867. The van der Waals surface area contributed by atoms with Gasteiger partial charge in [0.25, 0.3) is 0 Å².